The van der Waals surface area contributed by atoms with Gasteiger partial charge in [-0.2, -0.15) is 10.2 Å². The minimum absolute atomic E-state index is 0.448. The fourth-order valence-corrected chi connectivity index (χ4v) is 1.93. The molecule has 8 heteroatoms. The Kier molecular flexibility index (Phi) is 6.97. The third kappa shape index (κ3) is 5.24. The van der Waals surface area contributed by atoms with Crippen molar-refractivity contribution in [2.45, 2.75) is 27.7 Å². The van der Waals surface area contributed by atoms with Crippen LogP contribution in [-0.4, -0.2) is 28.6 Å². The Bertz CT molecular complexity index is 577. The second kappa shape index (κ2) is 8.48. The van der Waals surface area contributed by atoms with Crippen LogP contribution >= 0.6 is 24.4 Å². The Labute approximate surface area is 135 Å². The molecule has 0 aliphatic carbocycles. The Hall–Kier alpha value is -1.80. The van der Waals surface area contributed by atoms with E-state index in [1.807, 2.05) is 33.8 Å². The Morgan fingerprint density at radius 2 is 2.10 bits per heavy atom. The highest BCUT2D eigenvalue weighted by molar-refractivity contribution is 7.80. The van der Waals surface area contributed by atoms with Gasteiger partial charge in [-0.25, -0.2) is 0 Å². The summed E-state index contributed by atoms with van der Waals surface area (Å²) in [7, 11) is 0. The maximum absolute atomic E-state index is 5.54. The summed E-state index contributed by atoms with van der Waals surface area (Å²) in [5, 5.41) is 11.9. The van der Waals surface area contributed by atoms with Gasteiger partial charge in [-0.05, 0) is 46.0 Å². The predicted octanol–water partition coefficient (Wildman–Crippen LogP) is 2.01. The molecule has 0 aromatic carbocycles. The molecule has 0 saturated heterocycles. The average molecular weight is 325 g/mol. The molecule has 114 valence electrons. The molecular weight excluding hydrogens is 306 g/mol. The SMILES string of the molecule is CCNC(=S)N/N=C(/C(C)=N/NC=S)c1cc(C)oc1C. The van der Waals surface area contributed by atoms with E-state index in [1.54, 1.807) is 0 Å². The quantitative estimate of drug-likeness (QED) is 0.422. The maximum Gasteiger partial charge on any atom is 0.186 e. The van der Waals surface area contributed by atoms with Crippen molar-refractivity contribution in [1.29, 1.82) is 0 Å². The average Bonchev–Trinajstić information content (AvgIpc) is 2.76. The third-order valence-electron chi connectivity index (χ3n) is 2.53. The lowest BCUT2D eigenvalue weighted by molar-refractivity contribution is 0.504. The van der Waals surface area contributed by atoms with Gasteiger partial charge in [-0.15, -0.1) is 0 Å². The van der Waals surface area contributed by atoms with Crippen LogP contribution in [0.4, 0.5) is 0 Å². The normalized spacial score (nSPS) is 12.0. The van der Waals surface area contributed by atoms with Gasteiger partial charge in [0.15, 0.2) is 5.11 Å². The number of hydrazone groups is 2. The van der Waals surface area contributed by atoms with Crippen LogP contribution in [0.1, 0.15) is 30.9 Å². The summed E-state index contributed by atoms with van der Waals surface area (Å²) >= 11 is 9.80. The summed E-state index contributed by atoms with van der Waals surface area (Å²) in [5.74, 6) is 1.57. The van der Waals surface area contributed by atoms with E-state index in [0.717, 1.165) is 23.6 Å². The molecule has 1 aromatic heterocycles. The summed E-state index contributed by atoms with van der Waals surface area (Å²) in [5.41, 5.74) is 8.90. The smallest absolute Gasteiger partial charge is 0.186 e. The molecule has 0 unspecified atom stereocenters. The molecule has 6 nitrogen and oxygen atoms in total. The molecule has 1 aromatic rings. The standard InChI is InChI=1S/C13H19N5OS2/c1-5-14-13(21)18-17-12(9(3)16-15-7-20)11-6-8(2)19-10(11)4/h6-7H,5H2,1-4H3,(H,15,20)(H2,14,18,21)/b16-9+,17-12-. The van der Waals surface area contributed by atoms with Crippen LogP contribution in [0.15, 0.2) is 20.7 Å². The van der Waals surface area contributed by atoms with E-state index in [1.165, 1.54) is 5.49 Å². The number of nitrogens with zero attached hydrogens (tertiary/aromatic N) is 2. The molecule has 1 rings (SSSR count). The molecular formula is C13H19N5OS2. The van der Waals surface area contributed by atoms with E-state index in [-0.39, 0.29) is 0 Å². The summed E-state index contributed by atoms with van der Waals surface area (Å²) < 4.78 is 5.54. The second-order valence-electron chi connectivity index (χ2n) is 4.20. The highest BCUT2D eigenvalue weighted by atomic mass is 32.1. The first-order valence-corrected chi connectivity index (χ1v) is 7.30. The van der Waals surface area contributed by atoms with E-state index < -0.39 is 0 Å². The third-order valence-corrected chi connectivity index (χ3v) is 2.87. The Morgan fingerprint density at radius 3 is 2.62 bits per heavy atom. The summed E-state index contributed by atoms with van der Waals surface area (Å²) in [4.78, 5) is 0. The van der Waals surface area contributed by atoms with Gasteiger partial charge in [-0.3, -0.25) is 10.9 Å². The molecule has 0 spiro atoms. The van der Waals surface area contributed by atoms with E-state index >= 15 is 0 Å². The van der Waals surface area contributed by atoms with Gasteiger partial charge >= 0.3 is 0 Å². The summed E-state index contributed by atoms with van der Waals surface area (Å²) in [6.07, 6.45) is 0. The van der Waals surface area contributed by atoms with Crippen molar-refractivity contribution >= 4 is 46.5 Å². The molecule has 3 N–H and O–H groups in total. The van der Waals surface area contributed by atoms with Gasteiger partial charge in [0.2, 0.25) is 0 Å². The first kappa shape index (κ1) is 17.3. The molecule has 0 amide bonds. The first-order valence-electron chi connectivity index (χ1n) is 6.42. The number of rotatable bonds is 6. The molecule has 0 aliphatic rings. The maximum atomic E-state index is 5.54. The van der Waals surface area contributed by atoms with Gasteiger partial charge in [0.05, 0.1) is 11.2 Å². The highest BCUT2D eigenvalue weighted by Crippen LogP contribution is 2.15. The zero-order valence-corrected chi connectivity index (χ0v) is 14.1. The van der Waals surface area contributed by atoms with E-state index in [9.17, 15) is 0 Å². The first-order chi connectivity index (χ1) is 9.99. The lowest BCUT2D eigenvalue weighted by Crippen LogP contribution is -2.33. The second-order valence-corrected chi connectivity index (χ2v) is 4.85. The van der Waals surface area contributed by atoms with Gasteiger partial charge in [-0.1, -0.05) is 12.2 Å². The van der Waals surface area contributed by atoms with Crippen molar-refractivity contribution in [2.75, 3.05) is 6.54 Å². The van der Waals surface area contributed by atoms with Crippen molar-refractivity contribution in [1.82, 2.24) is 16.2 Å². The van der Waals surface area contributed by atoms with Crippen molar-refractivity contribution in [3.63, 3.8) is 0 Å². The zero-order valence-electron chi connectivity index (χ0n) is 12.5. The zero-order chi connectivity index (χ0) is 15.8. The molecule has 21 heavy (non-hydrogen) atoms. The summed E-state index contributed by atoms with van der Waals surface area (Å²) in [6.45, 7) is 8.26. The Balaban J connectivity index is 3.11. The van der Waals surface area contributed by atoms with E-state index in [2.05, 4.69) is 26.4 Å². The molecule has 0 fully saturated rings. The number of furan rings is 1. The van der Waals surface area contributed by atoms with Crippen molar-refractivity contribution in [2.24, 2.45) is 10.2 Å². The predicted molar refractivity (Wildman–Crippen MR) is 94.0 cm³/mol. The minimum Gasteiger partial charge on any atom is -0.466 e. The monoisotopic (exact) mass is 325 g/mol. The lowest BCUT2D eigenvalue weighted by Gasteiger charge is -2.08. The molecule has 0 bridgehead atoms. The van der Waals surface area contributed by atoms with Gasteiger partial charge in [0.1, 0.15) is 17.2 Å². The molecule has 0 saturated carbocycles. The molecule has 0 radical (unpaired) electrons. The summed E-state index contributed by atoms with van der Waals surface area (Å²) in [6, 6.07) is 1.91. The van der Waals surface area contributed by atoms with Gasteiger partial charge in [0, 0.05) is 12.1 Å². The fraction of sp³-hybridized carbons (Fsp3) is 0.385. The van der Waals surface area contributed by atoms with Crippen molar-refractivity contribution < 1.29 is 4.42 Å². The van der Waals surface area contributed by atoms with Crippen LogP contribution in [0, 0.1) is 13.8 Å². The number of hydrogen-bond donors (Lipinski definition) is 3. The van der Waals surface area contributed by atoms with Crippen molar-refractivity contribution in [3.8, 4) is 0 Å². The van der Waals surface area contributed by atoms with E-state index in [0.29, 0.717) is 16.5 Å². The largest absolute Gasteiger partial charge is 0.466 e. The van der Waals surface area contributed by atoms with Crippen LogP contribution < -0.4 is 16.2 Å². The van der Waals surface area contributed by atoms with Crippen LogP contribution in [0.25, 0.3) is 0 Å². The number of aryl methyl sites for hydroxylation is 2. The Morgan fingerprint density at radius 1 is 1.38 bits per heavy atom. The molecule has 0 atom stereocenters. The minimum atomic E-state index is 0.448. The highest BCUT2D eigenvalue weighted by Gasteiger charge is 2.15. The topological polar surface area (TPSA) is 74.0 Å². The van der Waals surface area contributed by atoms with Crippen LogP contribution in [0.5, 0.6) is 0 Å². The number of nitrogens with one attached hydrogen (secondary N) is 3. The number of hydrogen-bond acceptors (Lipinski definition) is 5. The fourth-order valence-electron chi connectivity index (χ4n) is 1.68. The van der Waals surface area contributed by atoms with Gasteiger partial charge < -0.3 is 9.73 Å². The van der Waals surface area contributed by atoms with Crippen molar-refractivity contribution in [3.05, 3.63) is 23.2 Å². The molecule has 0 aliphatic heterocycles. The van der Waals surface area contributed by atoms with E-state index in [4.69, 9.17) is 28.9 Å². The lowest BCUT2D eigenvalue weighted by atomic mass is 10.1. The number of thiocarbonyl (C=S) groups is 2. The van der Waals surface area contributed by atoms with Gasteiger partial charge in [0.25, 0.3) is 0 Å². The van der Waals surface area contributed by atoms with Crippen LogP contribution in [-0.2, 0) is 0 Å². The molecule has 1 heterocycles. The van der Waals surface area contributed by atoms with Crippen LogP contribution in [0.3, 0.4) is 0 Å². The van der Waals surface area contributed by atoms with Crippen LogP contribution in [0.2, 0.25) is 0 Å².